The van der Waals surface area contributed by atoms with Crippen molar-refractivity contribution in [3.63, 3.8) is 0 Å². The van der Waals surface area contributed by atoms with Gasteiger partial charge in [-0.05, 0) is 31.2 Å². The predicted octanol–water partition coefficient (Wildman–Crippen LogP) is 4.50. The summed E-state index contributed by atoms with van der Waals surface area (Å²) in [5, 5.41) is 22.2. The van der Waals surface area contributed by atoms with Crippen molar-refractivity contribution in [1.29, 1.82) is 0 Å². The summed E-state index contributed by atoms with van der Waals surface area (Å²) in [7, 11) is 0. The van der Waals surface area contributed by atoms with Crippen molar-refractivity contribution in [1.82, 2.24) is 29.5 Å². The van der Waals surface area contributed by atoms with E-state index in [9.17, 15) is 26.3 Å². The normalized spacial score (nSPS) is 15.6. The molecule has 0 bridgehead atoms. The van der Waals surface area contributed by atoms with Crippen LogP contribution < -0.4 is 0 Å². The maximum Gasteiger partial charge on any atom is 0.490 e. The number of aromatic nitrogens is 5. The van der Waals surface area contributed by atoms with Crippen LogP contribution in [0.5, 0.6) is 0 Å². The van der Waals surface area contributed by atoms with Gasteiger partial charge >= 0.3 is 24.3 Å². The van der Waals surface area contributed by atoms with E-state index in [-0.39, 0.29) is 0 Å². The minimum atomic E-state index is -5.08. The van der Waals surface area contributed by atoms with Gasteiger partial charge in [-0.25, -0.2) is 24.1 Å². The number of rotatable bonds is 4. The first-order valence-electron chi connectivity index (χ1n) is 11.2. The molecule has 2 N–H and O–H groups in total. The quantitative estimate of drug-likeness (QED) is 0.330. The average molecular weight is 591 g/mol. The average Bonchev–Trinajstić information content (AvgIpc) is 3.65. The zero-order chi connectivity index (χ0) is 29.5. The van der Waals surface area contributed by atoms with E-state index in [1.54, 1.807) is 17.5 Å². The summed E-state index contributed by atoms with van der Waals surface area (Å²) in [4.78, 5) is 33.6. The van der Waals surface area contributed by atoms with Crippen LogP contribution in [0, 0.1) is 0 Å². The highest BCUT2D eigenvalue weighted by molar-refractivity contribution is 7.09. The number of fused-ring (bicyclic) bond motifs is 1. The molecule has 0 radical (unpaired) electrons. The Morgan fingerprint density at radius 2 is 1.68 bits per heavy atom. The number of thiazole rings is 1. The molecule has 5 heterocycles. The fraction of sp³-hybridized carbons (Fsp3) is 0.304. The molecule has 5 rings (SSSR count). The Hall–Kier alpha value is -4.12. The van der Waals surface area contributed by atoms with Crippen LogP contribution in [-0.2, 0) is 16.1 Å². The summed E-state index contributed by atoms with van der Waals surface area (Å²) in [5.74, 6) is -4.19. The van der Waals surface area contributed by atoms with Gasteiger partial charge < -0.3 is 10.2 Å². The van der Waals surface area contributed by atoms with Crippen molar-refractivity contribution in [2.45, 2.75) is 31.2 Å². The Morgan fingerprint density at radius 1 is 1.00 bits per heavy atom. The van der Waals surface area contributed by atoms with Crippen LogP contribution in [-0.4, -0.2) is 77.1 Å². The van der Waals surface area contributed by atoms with Gasteiger partial charge in [0, 0.05) is 53.8 Å². The van der Waals surface area contributed by atoms with Crippen LogP contribution in [0.1, 0.15) is 23.2 Å². The zero-order valence-corrected chi connectivity index (χ0v) is 21.0. The first-order valence-corrected chi connectivity index (χ1v) is 12.1. The lowest BCUT2D eigenvalue weighted by Gasteiger charge is -2.12. The summed E-state index contributed by atoms with van der Waals surface area (Å²) < 4.78 is 65.4. The van der Waals surface area contributed by atoms with Crippen LogP contribution in [0.3, 0.4) is 0 Å². The number of pyridine rings is 2. The third-order valence-electron chi connectivity index (χ3n) is 5.31. The zero-order valence-electron chi connectivity index (χ0n) is 20.2. The van der Waals surface area contributed by atoms with Crippen molar-refractivity contribution in [2.75, 3.05) is 13.1 Å². The minimum Gasteiger partial charge on any atom is -0.475 e. The topological polar surface area (TPSA) is 134 Å². The number of hydrogen-bond donors (Lipinski definition) is 2. The maximum atomic E-state index is 10.6. The molecule has 10 nitrogen and oxygen atoms in total. The van der Waals surface area contributed by atoms with E-state index in [0.29, 0.717) is 5.92 Å². The lowest BCUT2D eigenvalue weighted by Crippen LogP contribution is -2.21. The number of carbonyl (C=O) groups is 2. The molecule has 17 heteroatoms. The Bertz CT molecular complexity index is 1390. The maximum absolute atomic E-state index is 10.6. The van der Waals surface area contributed by atoms with E-state index in [2.05, 4.69) is 27.0 Å². The fourth-order valence-electron chi connectivity index (χ4n) is 3.49. The van der Waals surface area contributed by atoms with Crippen molar-refractivity contribution in [3.8, 4) is 11.1 Å². The molecule has 1 saturated heterocycles. The van der Waals surface area contributed by atoms with Crippen LogP contribution in [0.15, 0.2) is 54.4 Å². The molecular weight excluding hydrogens is 570 g/mol. The largest absolute Gasteiger partial charge is 0.490 e. The summed E-state index contributed by atoms with van der Waals surface area (Å²) >= 11 is 1.72. The molecule has 4 aromatic heterocycles. The lowest BCUT2D eigenvalue weighted by molar-refractivity contribution is -0.193. The summed E-state index contributed by atoms with van der Waals surface area (Å²) in [6.45, 7) is 2.99. The molecule has 1 aliphatic heterocycles. The molecule has 1 fully saturated rings. The fourth-order valence-corrected chi connectivity index (χ4v) is 4.14. The molecule has 4 aromatic rings. The van der Waals surface area contributed by atoms with Gasteiger partial charge in [-0.15, -0.1) is 11.3 Å². The number of likely N-dealkylation sites (tertiary alicyclic amines) is 1. The predicted molar refractivity (Wildman–Crippen MR) is 128 cm³/mol. The number of aliphatic carboxylic acids is 2. The van der Waals surface area contributed by atoms with E-state index in [1.165, 1.54) is 5.01 Å². The molecule has 0 aromatic carbocycles. The Labute approximate surface area is 225 Å². The van der Waals surface area contributed by atoms with Gasteiger partial charge in [0.1, 0.15) is 5.01 Å². The van der Waals surface area contributed by atoms with Gasteiger partial charge in [0.05, 0.1) is 6.54 Å². The van der Waals surface area contributed by atoms with Crippen LogP contribution in [0.25, 0.3) is 16.8 Å². The number of halogens is 6. The second-order valence-corrected chi connectivity index (χ2v) is 9.16. The lowest BCUT2D eigenvalue weighted by atomic mass is 10.1. The molecule has 0 amide bonds. The highest BCUT2D eigenvalue weighted by atomic mass is 32.1. The smallest absolute Gasteiger partial charge is 0.475 e. The molecule has 0 saturated carbocycles. The molecule has 214 valence electrons. The third kappa shape index (κ3) is 8.70. The Kier molecular flexibility index (Phi) is 9.75. The molecule has 1 unspecified atom stereocenters. The van der Waals surface area contributed by atoms with Crippen LogP contribution >= 0.6 is 11.3 Å². The van der Waals surface area contributed by atoms with Gasteiger partial charge in [-0.1, -0.05) is 6.07 Å². The van der Waals surface area contributed by atoms with Crippen LogP contribution in [0.4, 0.5) is 26.3 Å². The summed E-state index contributed by atoms with van der Waals surface area (Å²) in [5.41, 5.74) is 3.08. The van der Waals surface area contributed by atoms with E-state index in [1.807, 2.05) is 40.6 Å². The van der Waals surface area contributed by atoms with Gasteiger partial charge in [0.2, 0.25) is 0 Å². The number of carboxylic acids is 2. The minimum absolute atomic E-state index is 0.386. The third-order valence-corrected chi connectivity index (χ3v) is 6.07. The van der Waals surface area contributed by atoms with E-state index < -0.39 is 24.3 Å². The number of alkyl halides is 6. The van der Waals surface area contributed by atoms with Crippen molar-refractivity contribution in [2.24, 2.45) is 0 Å². The Morgan fingerprint density at radius 3 is 2.23 bits per heavy atom. The molecular formula is C23H20F6N6O4S. The summed E-state index contributed by atoms with van der Waals surface area (Å²) in [6, 6.07) is 8.11. The van der Waals surface area contributed by atoms with E-state index in [4.69, 9.17) is 29.9 Å². The van der Waals surface area contributed by atoms with Gasteiger partial charge in [0.25, 0.3) is 0 Å². The highest BCUT2D eigenvalue weighted by Crippen LogP contribution is 2.27. The highest BCUT2D eigenvalue weighted by Gasteiger charge is 2.38. The van der Waals surface area contributed by atoms with Gasteiger partial charge in [0.15, 0.2) is 11.5 Å². The second-order valence-electron chi connectivity index (χ2n) is 8.18. The summed E-state index contributed by atoms with van der Waals surface area (Å²) in [6.07, 6.45) is -1.51. The van der Waals surface area contributed by atoms with Crippen LogP contribution in [0.2, 0.25) is 0 Å². The van der Waals surface area contributed by atoms with Crippen molar-refractivity contribution < 1.29 is 46.1 Å². The van der Waals surface area contributed by atoms with Crippen molar-refractivity contribution in [3.05, 3.63) is 65.3 Å². The first-order chi connectivity index (χ1) is 18.7. The van der Waals surface area contributed by atoms with Gasteiger partial charge in [-0.2, -0.15) is 31.4 Å². The molecule has 40 heavy (non-hydrogen) atoms. The first kappa shape index (κ1) is 30.4. The van der Waals surface area contributed by atoms with Crippen molar-refractivity contribution >= 4 is 28.9 Å². The molecule has 1 aliphatic rings. The Balaban J connectivity index is 0.000000263. The molecule has 0 spiro atoms. The molecule has 0 aliphatic carbocycles. The second kappa shape index (κ2) is 12.8. The number of nitrogens with zero attached hydrogens (tertiary/aromatic N) is 6. The standard InChI is InChI=1S/C19H18N6S.2C2HF3O2/c1-2-14(10-20-6-1)15-3-4-17-22-19(23-25(17)12-15)16-5-8-24(11-16)13-18-21-7-9-26-18;2*3-2(4,5)1(6)7/h1-4,6-7,9-10,12,16H,5,8,11,13H2;2*(H,6,7). The van der Waals surface area contributed by atoms with E-state index >= 15 is 0 Å². The van der Waals surface area contributed by atoms with Gasteiger partial charge in [-0.3, -0.25) is 9.88 Å². The SMILES string of the molecule is O=C(O)C(F)(F)F.O=C(O)C(F)(F)F.c1cncc(-c2ccc3nc(C4CCN(Cc5nccs5)C4)nn3c2)c1. The number of hydrogen-bond acceptors (Lipinski definition) is 8. The van der Waals surface area contributed by atoms with E-state index in [0.717, 1.165) is 48.7 Å². The monoisotopic (exact) mass is 590 g/mol. The number of carboxylic acid groups (broad SMARTS) is 2. The molecule has 1 atom stereocenters.